The molecule has 0 saturated heterocycles. The average Bonchev–Trinajstić information content (AvgIpc) is 3.16. The van der Waals surface area contributed by atoms with Gasteiger partial charge in [0.15, 0.2) is 0 Å². The molecule has 0 radical (unpaired) electrons. The minimum Gasteiger partial charge on any atom is -0.393 e. The fourth-order valence-electron chi connectivity index (χ4n) is 1.80. The molecule has 0 aliphatic heterocycles. The number of urea groups is 1. The molecule has 0 atom stereocenters. The number of carbonyl (C=O) groups excluding carboxylic acids is 1. The number of hydrogen-bond acceptors (Lipinski definition) is 2. The van der Waals surface area contributed by atoms with Gasteiger partial charge in [-0.1, -0.05) is 23.8 Å². The molecule has 102 valence electrons. The second-order valence-electron chi connectivity index (χ2n) is 4.58. The zero-order valence-electron chi connectivity index (χ0n) is 10.4. The third kappa shape index (κ3) is 4.36. The van der Waals surface area contributed by atoms with E-state index in [1.54, 1.807) is 29.2 Å². The van der Waals surface area contributed by atoms with E-state index >= 15 is 0 Å². The molecule has 2 amide bonds. The number of nitrogens with one attached hydrogen (secondary N) is 1. The number of rotatable bonds is 5. The van der Waals surface area contributed by atoms with Crippen LogP contribution >= 0.6 is 23.8 Å². The molecule has 1 aliphatic rings. The number of amides is 2. The highest BCUT2D eigenvalue weighted by atomic mass is 35.5. The van der Waals surface area contributed by atoms with E-state index in [-0.39, 0.29) is 6.03 Å². The number of hydrogen-bond donors (Lipinski definition) is 2. The molecule has 1 saturated carbocycles. The first kappa shape index (κ1) is 14.1. The number of thiocarbonyl (C=S) groups is 1. The Morgan fingerprint density at radius 1 is 1.42 bits per heavy atom. The Balaban J connectivity index is 1.95. The Morgan fingerprint density at radius 2 is 2.05 bits per heavy atom. The minimum absolute atomic E-state index is 0.110. The number of benzene rings is 1. The lowest BCUT2D eigenvalue weighted by atomic mass is 10.3. The molecule has 0 heterocycles. The van der Waals surface area contributed by atoms with Gasteiger partial charge in [-0.25, -0.2) is 4.79 Å². The topological polar surface area (TPSA) is 58.4 Å². The van der Waals surface area contributed by atoms with Crippen LogP contribution in [-0.4, -0.2) is 28.5 Å². The molecule has 1 aromatic rings. The summed E-state index contributed by atoms with van der Waals surface area (Å²) in [5, 5.41) is 3.50. The van der Waals surface area contributed by atoms with Gasteiger partial charge >= 0.3 is 6.03 Å². The molecule has 1 fully saturated rings. The van der Waals surface area contributed by atoms with Crippen LogP contribution in [0, 0.1) is 0 Å². The van der Waals surface area contributed by atoms with Crippen LogP contribution < -0.4 is 11.1 Å². The molecule has 1 aliphatic carbocycles. The summed E-state index contributed by atoms with van der Waals surface area (Å²) < 4.78 is 0. The Morgan fingerprint density at radius 3 is 2.58 bits per heavy atom. The molecular weight excluding hydrogens is 282 g/mol. The van der Waals surface area contributed by atoms with Crippen molar-refractivity contribution in [1.29, 1.82) is 0 Å². The lowest BCUT2D eigenvalue weighted by Gasteiger charge is -2.22. The summed E-state index contributed by atoms with van der Waals surface area (Å²) in [6, 6.07) is 7.25. The van der Waals surface area contributed by atoms with Gasteiger partial charge in [0.2, 0.25) is 0 Å². The second kappa shape index (κ2) is 6.21. The van der Waals surface area contributed by atoms with Crippen LogP contribution in [-0.2, 0) is 0 Å². The van der Waals surface area contributed by atoms with Crippen molar-refractivity contribution in [3.63, 3.8) is 0 Å². The summed E-state index contributed by atoms with van der Waals surface area (Å²) in [5.41, 5.74) is 6.22. The highest BCUT2D eigenvalue weighted by Crippen LogP contribution is 2.27. The molecule has 0 spiro atoms. The van der Waals surface area contributed by atoms with Gasteiger partial charge in [-0.05, 0) is 37.1 Å². The van der Waals surface area contributed by atoms with Gasteiger partial charge in [-0.2, -0.15) is 0 Å². The quantitative estimate of drug-likeness (QED) is 0.821. The van der Waals surface area contributed by atoms with E-state index in [1.807, 2.05) is 0 Å². The van der Waals surface area contributed by atoms with E-state index in [2.05, 4.69) is 5.32 Å². The van der Waals surface area contributed by atoms with Gasteiger partial charge in [0.1, 0.15) is 0 Å². The fourth-order valence-corrected chi connectivity index (χ4v) is 2.01. The van der Waals surface area contributed by atoms with Crippen molar-refractivity contribution in [2.75, 3.05) is 11.9 Å². The first-order valence-electron chi connectivity index (χ1n) is 6.18. The summed E-state index contributed by atoms with van der Waals surface area (Å²) >= 11 is 10.7. The van der Waals surface area contributed by atoms with E-state index in [0.29, 0.717) is 29.0 Å². The number of nitrogens with two attached hydrogens (primary N) is 1. The molecule has 6 heteroatoms. The zero-order chi connectivity index (χ0) is 13.8. The maximum absolute atomic E-state index is 12.2. The lowest BCUT2D eigenvalue weighted by Crippen LogP contribution is -2.38. The molecule has 0 unspecified atom stereocenters. The van der Waals surface area contributed by atoms with E-state index in [1.165, 1.54) is 0 Å². The minimum atomic E-state index is -0.110. The molecule has 19 heavy (non-hydrogen) atoms. The standard InChI is InChI=1S/C13H16ClN3OS/c14-9-1-3-10(4-2-9)16-13(18)17(11-5-6-11)8-7-12(15)19/h1-4,11H,5-8H2,(H2,15,19)(H,16,18). The monoisotopic (exact) mass is 297 g/mol. The van der Waals surface area contributed by atoms with Crippen molar-refractivity contribution in [1.82, 2.24) is 4.90 Å². The van der Waals surface area contributed by atoms with Crippen LogP contribution in [0.3, 0.4) is 0 Å². The van der Waals surface area contributed by atoms with E-state index in [0.717, 1.165) is 18.5 Å². The molecule has 0 bridgehead atoms. The maximum Gasteiger partial charge on any atom is 0.322 e. The largest absolute Gasteiger partial charge is 0.393 e. The second-order valence-corrected chi connectivity index (χ2v) is 5.54. The molecule has 4 nitrogen and oxygen atoms in total. The van der Waals surface area contributed by atoms with Crippen LogP contribution in [0.2, 0.25) is 5.02 Å². The number of carbonyl (C=O) groups is 1. The van der Waals surface area contributed by atoms with Gasteiger partial charge in [-0.15, -0.1) is 0 Å². The van der Waals surface area contributed by atoms with Crippen molar-refractivity contribution < 1.29 is 4.79 Å². The fraction of sp³-hybridized carbons (Fsp3) is 0.385. The Hall–Kier alpha value is -1.33. The van der Waals surface area contributed by atoms with Crippen LogP contribution in [0.5, 0.6) is 0 Å². The molecule has 1 aromatic carbocycles. The number of halogens is 1. The SMILES string of the molecule is NC(=S)CCN(C(=O)Nc1ccc(Cl)cc1)C1CC1. The predicted octanol–water partition coefficient (Wildman–Crippen LogP) is 3.01. The Labute approximate surface area is 122 Å². The first-order chi connectivity index (χ1) is 9.06. The van der Waals surface area contributed by atoms with Crippen molar-refractivity contribution >= 4 is 40.5 Å². The highest BCUT2D eigenvalue weighted by molar-refractivity contribution is 7.80. The normalized spacial score (nSPS) is 13.9. The van der Waals surface area contributed by atoms with Gasteiger partial charge in [-0.3, -0.25) is 0 Å². The van der Waals surface area contributed by atoms with Crippen LogP contribution in [0.25, 0.3) is 0 Å². The van der Waals surface area contributed by atoms with Crippen molar-refractivity contribution in [2.24, 2.45) is 5.73 Å². The van der Waals surface area contributed by atoms with Gasteiger partial charge in [0.05, 0.1) is 4.99 Å². The summed E-state index contributed by atoms with van der Waals surface area (Å²) in [4.78, 5) is 14.4. The predicted molar refractivity (Wildman–Crippen MR) is 81.6 cm³/mol. The smallest absolute Gasteiger partial charge is 0.322 e. The van der Waals surface area contributed by atoms with Crippen molar-refractivity contribution in [3.8, 4) is 0 Å². The van der Waals surface area contributed by atoms with E-state index in [4.69, 9.17) is 29.6 Å². The third-order valence-corrected chi connectivity index (χ3v) is 3.40. The summed E-state index contributed by atoms with van der Waals surface area (Å²) in [7, 11) is 0. The van der Waals surface area contributed by atoms with Gasteiger partial charge < -0.3 is 16.0 Å². The van der Waals surface area contributed by atoms with Crippen molar-refractivity contribution in [2.45, 2.75) is 25.3 Å². The Kier molecular flexibility index (Phi) is 4.61. The first-order valence-corrected chi connectivity index (χ1v) is 6.96. The summed E-state index contributed by atoms with van der Waals surface area (Å²) in [5.74, 6) is 0. The van der Waals surface area contributed by atoms with Crippen LogP contribution in [0.15, 0.2) is 24.3 Å². The molecule has 0 aromatic heterocycles. The molecule has 2 rings (SSSR count). The highest BCUT2D eigenvalue weighted by Gasteiger charge is 2.32. The van der Waals surface area contributed by atoms with Crippen LogP contribution in [0.1, 0.15) is 19.3 Å². The van der Waals surface area contributed by atoms with Crippen molar-refractivity contribution in [3.05, 3.63) is 29.3 Å². The lowest BCUT2D eigenvalue weighted by molar-refractivity contribution is 0.210. The number of nitrogens with zero attached hydrogens (tertiary/aromatic N) is 1. The third-order valence-electron chi connectivity index (χ3n) is 2.94. The summed E-state index contributed by atoms with van der Waals surface area (Å²) in [6.07, 6.45) is 2.65. The Bertz CT molecular complexity index is 473. The van der Waals surface area contributed by atoms with Gasteiger partial charge in [0.25, 0.3) is 0 Å². The number of anilines is 1. The summed E-state index contributed by atoms with van der Waals surface area (Å²) in [6.45, 7) is 0.569. The van der Waals surface area contributed by atoms with Gasteiger partial charge in [0, 0.05) is 29.7 Å². The van der Waals surface area contributed by atoms with Crippen LogP contribution in [0.4, 0.5) is 10.5 Å². The zero-order valence-corrected chi connectivity index (χ0v) is 12.0. The molecule has 3 N–H and O–H groups in total. The average molecular weight is 298 g/mol. The van der Waals surface area contributed by atoms with E-state index < -0.39 is 0 Å². The molecular formula is C13H16ClN3OS. The van der Waals surface area contributed by atoms with E-state index in [9.17, 15) is 4.79 Å². The maximum atomic E-state index is 12.2.